The molecule has 4 saturated carbocycles. The molecule has 4 fully saturated rings. The number of aldehydes is 1. The number of hydrogen-bond donors (Lipinski definition) is 0. The Labute approximate surface area is 187 Å². The first-order valence-corrected chi connectivity index (χ1v) is 13.7. The molecule has 0 spiro atoms. The van der Waals surface area contributed by atoms with Crippen LogP contribution in [0.15, 0.2) is 0 Å². The second-order valence-electron chi connectivity index (χ2n) is 13.2. The molecular weight excluding hydrogens is 364 g/mol. The number of fused-ring (bicyclic) bond motifs is 5. The van der Waals surface area contributed by atoms with Crippen LogP contribution >= 0.6 is 0 Å². The molecule has 0 aromatic rings. The molecule has 0 unspecified atom stereocenters. The molecular formula is C29H50O. The highest BCUT2D eigenvalue weighted by molar-refractivity contribution is 5.49. The number of carbonyl (C=O) groups is 1. The van der Waals surface area contributed by atoms with Gasteiger partial charge in [-0.05, 0) is 116 Å². The first-order chi connectivity index (χ1) is 14.3. The predicted octanol–water partition coefficient (Wildman–Crippen LogP) is 8.31. The minimum absolute atomic E-state index is 0.574. The Morgan fingerprint density at radius 2 is 1.60 bits per heavy atom. The van der Waals surface area contributed by atoms with Crippen LogP contribution in [0.4, 0.5) is 0 Å². The molecule has 172 valence electrons. The molecule has 0 heterocycles. The Morgan fingerprint density at radius 3 is 2.33 bits per heavy atom. The number of carbonyl (C=O) groups excluding carboxylic acids is 1. The maximum absolute atomic E-state index is 11.1. The minimum atomic E-state index is 0.574. The van der Waals surface area contributed by atoms with Gasteiger partial charge in [0, 0.05) is 6.42 Å². The quantitative estimate of drug-likeness (QED) is 0.383. The Balaban J connectivity index is 1.44. The summed E-state index contributed by atoms with van der Waals surface area (Å²) in [5.74, 6) is 7.31. The molecule has 4 rings (SSSR count). The summed E-state index contributed by atoms with van der Waals surface area (Å²) in [4.78, 5) is 11.1. The fourth-order valence-electron chi connectivity index (χ4n) is 9.72. The number of hydrogen-bond acceptors (Lipinski definition) is 1. The highest BCUT2D eigenvalue weighted by Crippen LogP contribution is 2.68. The summed E-state index contributed by atoms with van der Waals surface area (Å²) >= 11 is 0. The van der Waals surface area contributed by atoms with Crippen molar-refractivity contribution in [3.63, 3.8) is 0 Å². The average molecular weight is 415 g/mol. The average Bonchev–Trinajstić information content (AvgIpc) is 3.05. The van der Waals surface area contributed by atoms with E-state index in [1.54, 1.807) is 0 Å². The van der Waals surface area contributed by atoms with E-state index in [1.165, 1.54) is 83.3 Å². The summed E-state index contributed by atoms with van der Waals surface area (Å²) in [6.45, 7) is 12.7. The van der Waals surface area contributed by atoms with Crippen LogP contribution in [-0.4, -0.2) is 6.29 Å². The SMILES string of the molecule is CC(C)CCC[C@@H](C)[C@H]1CC[C@H]2[C@@H]3CC[C@H]4C[C@@H](CC=O)CC[C@]4(C)[C@H]3CC[C@]12C. The summed E-state index contributed by atoms with van der Waals surface area (Å²) in [6.07, 6.45) is 19.3. The predicted molar refractivity (Wildman–Crippen MR) is 127 cm³/mol. The second kappa shape index (κ2) is 8.90. The van der Waals surface area contributed by atoms with Crippen molar-refractivity contribution in [1.29, 1.82) is 0 Å². The van der Waals surface area contributed by atoms with Crippen LogP contribution in [0.5, 0.6) is 0 Å². The van der Waals surface area contributed by atoms with E-state index in [-0.39, 0.29) is 0 Å². The Morgan fingerprint density at radius 1 is 0.867 bits per heavy atom. The first-order valence-electron chi connectivity index (χ1n) is 13.7. The minimum Gasteiger partial charge on any atom is -0.303 e. The molecule has 0 aromatic carbocycles. The maximum atomic E-state index is 11.1. The zero-order chi connectivity index (χ0) is 21.5. The van der Waals surface area contributed by atoms with Crippen molar-refractivity contribution in [1.82, 2.24) is 0 Å². The van der Waals surface area contributed by atoms with E-state index in [0.717, 1.165) is 47.8 Å². The van der Waals surface area contributed by atoms with E-state index in [9.17, 15) is 4.79 Å². The van der Waals surface area contributed by atoms with Gasteiger partial charge >= 0.3 is 0 Å². The molecule has 4 aliphatic rings. The summed E-state index contributed by atoms with van der Waals surface area (Å²) < 4.78 is 0. The van der Waals surface area contributed by atoms with Crippen molar-refractivity contribution in [2.24, 2.45) is 58.2 Å². The van der Waals surface area contributed by atoms with Gasteiger partial charge in [0.15, 0.2) is 0 Å². The smallest absolute Gasteiger partial charge is 0.120 e. The molecule has 1 heteroatoms. The molecule has 0 bridgehead atoms. The highest BCUT2D eigenvalue weighted by atomic mass is 16.1. The van der Waals surface area contributed by atoms with Crippen LogP contribution in [0.3, 0.4) is 0 Å². The summed E-state index contributed by atoms with van der Waals surface area (Å²) in [7, 11) is 0. The van der Waals surface area contributed by atoms with Crippen molar-refractivity contribution >= 4 is 6.29 Å². The van der Waals surface area contributed by atoms with E-state index in [4.69, 9.17) is 0 Å². The van der Waals surface area contributed by atoms with Gasteiger partial charge in [-0.15, -0.1) is 0 Å². The van der Waals surface area contributed by atoms with E-state index in [0.29, 0.717) is 16.7 Å². The maximum Gasteiger partial charge on any atom is 0.120 e. The van der Waals surface area contributed by atoms with Gasteiger partial charge in [0.2, 0.25) is 0 Å². The lowest BCUT2D eigenvalue weighted by atomic mass is 9.44. The van der Waals surface area contributed by atoms with E-state index in [1.807, 2.05) is 0 Å². The topological polar surface area (TPSA) is 17.1 Å². The van der Waals surface area contributed by atoms with Gasteiger partial charge in [-0.1, -0.05) is 53.9 Å². The molecule has 30 heavy (non-hydrogen) atoms. The Hall–Kier alpha value is -0.330. The fraction of sp³-hybridized carbons (Fsp3) is 0.966. The lowest BCUT2D eigenvalue weighted by molar-refractivity contribution is -0.124. The zero-order valence-electron chi connectivity index (χ0n) is 20.8. The van der Waals surface area contributed by atoms with Gasteiger partial charge in [-0.2, -0.15) is 0 Å². The van der Waals surface area contributed by atoms with Gasteiger partial charge in [0.05, 0.1) is 0 Å². The first kappa shape index (κ1) is 22.8. The fourth-order valence-corrected chi connectivity index (χ4v) is 9.72. The summed E-state index contributed by atoms with van der Waals surface area (Å²) in [6, 6.07) is 0. The van der Waals surface area contributed by atoms with Gasteiger partial charge in [-0.3, -0.25) is 0 Å². The summed E-state index contributed by atoms with van der Waals surface area (Å²) in [5, 5.41) is 0. The Bertz CT molecular complexity index is 595. The highest BCUT2D eigenvalue weighted by Gasteiger charge is 2.60. The van der Waals surface area contributed by atoms with Crippen LogP contribution in [0.2, 0.25) is 0 Å². The summed E-state index contributed by atoms with van der Waals surface area (Å²) in [5.41, 5.74) is 1.20. The van der Waals surface area contributed by atoms with Crippen molar-refractivity contribution in [2.75, 3.05) is 0 Å². The molecule has 0 aliphatic heterocycles. The van der Waals surface area contributed by atoms with Gasteiger partial charge in [-0.25, -0.2) is 0 Å². The lowest BCUT2D eigenvalue weighted by Crippen LogP contribution is -2.53. The van der Waals surface area contributed by atoms with Crippen LogP contribution in [0.1, 0.15) is 118 Å². The molecule has 0 aromatic heterocycles. The largest absolute Gasteiger partial charge is 0.303 e. The van der Waals surface area contributed by atoms with Crippen molar-refractivity contribution in [2.45, 2.75) is 118 Å². The Kier molecular flexibility index (Phi) is 6.78. The van der Waals surface area contributed by atoms with Gasteiger partial charge < -0.3 is 4.79 Å². The number of rotatable bonds is 7. The van der Waals surface area contributed by atoms with Crippen molar-refractivity contribution in [3.05, 3.63) is 0 Å². The van der Waals surface area contributed by atoms with Crippen molar-refractivity contribution in [3.8, 4) is 0 Å². The lowest BCUT2D eigenvalue weighted by Gasteiger charge is -2.61. The van der Waals surface area contributed by atoms with Crippen LogP contribution < -0.4 is 0 Å². The third kappa shape index (κ3) is 3.94. The molecule has 9 atom stereocenters. The standard InChI is InChI=1S/C29H50O/c1-20(2)7-6-8-21(3)25-11-12-26-24-10-9-23-19-22(15-18-30)13-16-28(23,4)27(24)14-17-29(25,26)5/h18,20-27H,6-17,19H2,1-5H3/t21-,22-,23+,24+,25-,26+,27+,28+,29-/m1/s1. The van der Waals surface area contributed by atoms with Crippen LogP contribution in [0.25, 0.3) is 0 Å². The monoisotopic (exact) mass is 414 g/mol. The molecule has 0 saturated heterocycles. The molecule has 4 aliphatic carbocycles. The van der Waals surface area contributed by atoms with E-state index in [2.05, 4.69) is 34.6 Å². The second-order valence-corrected chi connectivity index (χ2v) is 13.2. The van der Waals surface area contributed by atoms with Crippen LogP contribution in [-0.2, 0) is 4.79 Å². The molecule has 0 amide bonds. The molecule has 0 radical (unpaired) electrons. The molecule has 0 N–H and O–H groups in total. The van der Waals surface area contributed by atoms with E-state index >= 15 is 0 Å². The van der Waals surface area contributed by atoms with Crippen LogP contribution in [0, 0.1) is 58.2 Å². The van der Waals surface area contributed by atoms with Crippen molar-refractivity contribution < 1.29 is 4.79 Å². The normalized spacial score (nSPS) is 46.7. The zero-order valence-corrected chi connectivity index (χ0v) is 20.8. The molecule has 1 nitrogen and oxygen atoms in total. The third-order valence-corrected chi connectivity index (χ3v) is 11.4. The third-order valence-electron chi connectivity index (χ3n) is 11.4. The van der Waals surface area contributed by atoms with Gasteiger partial charge in [0.1, 0.15) is 6.29 Å². The van der Waals surface area contributed by atoms with E-state index < -0.39 is 0 Å². The van der Waals surface area contributed by atoms with Gasteiger partial charge in [0.25, 0.3) is 0 Å².